The fourth-order valence-electron chi connectivity index (χ4n) is 2.87. The number of aromatic nitrogens is 1. The molecule has 0 bridgehead atoms. The summed E-state index contributed by atoms with van der Waals surface area (Å²) in [6.07, 6.45) is -3.06. The Morgan fingerprint density at radius 3 is 2.21 bits per heavy atom. The van der Waals surface area contributed by atoms with Crippen molar-refractivity contribution in [3.63, 3.8) is 0 Å². The van der Waals surface area contributed by atoms with E-state index >= 15 is 0 Å². The van der Waals surface area contributed by atoms with Crippen LogP contribution in [0.5, 0.6) is 0 Å². The highest BCUT2D eigenvalue weighted by molar-refractivity contribution is 5.85. The second-order valence-corrected chi connectivity index (χ2v) is 7.90. The van der Waals surface area contributed by atoms with Gasteiger partial charge in [-0.05, 0) is 36.6 Å². The first kappa shape index (κ1) is 32.3. The van der Waals surface area contributed by atoms with Crippen molar-refractivity contribution < 1.29 is 47.5 Å². The number of carbonyl (C=O) groups is 4. The van der Waals surface area contributed by atoms with Crippen LogP contribution in [0.25, 0.3) is 0 Å². The van der Waals surface area contributed by atoms with Crippen molar-refractivity contribution in [3.05, 3.63) is 63.8 Å². The lowest BCUT2D eigenvalue weighted by Gasteiger charge is -2.17. The summed E-state index contributed by atoms with van der Waals surface area (Å²) in [5.41, 5.74) is 1.34. The van der Waals surface area contributed by atoms with E-state index in [4.69, 9.17) is 15.0 Å². The van der Waals surface area contributed by atoms with Crippen molar-refractivity contribution in [2.24, 2.45) is 0 Å². The van der Waals surface area contributed by atoms with Gasteiger partial charge < -0.3 is 26.2 Å². The van der Waals surface area contributed by atoms with Gasteiger partial charge in [0.2, 0.25) is 11.8 Å². The number of halogens is 3. The van der Waals surface area contributed by atoms with Crippen molar-refractivity contribution in [3.8, 4) is 0 Å². The van der Waals surface area contributed by atoms with Gasteiger partial charge >= 0.3 is 18.1 Å². The van der Waals surface area contributed by atoms with Crippen LogP contribution in [-0.2, 0) is 19.2 Å². The third kappa shape index (κ3) is 13.4. The maximum Gasteiger partial charge on any atom is 0.490 e. The predicted molar refractivity (Wildman–Crippen MR) is 130 cm³/mol. The van der Waals surface area contributed by atoms with E-state index < -0.39 is 41.4 Å². The third-order valence-corrected chi connectivity index (χ3v) is 4.71. The molecular weight excluding hydrogens is 531 g/mol. The van der Waals surface area contributed by atoms with Crippen molar-refractivity contribution in [1.82, 2.24) is 15.6 Å². The normalized spacial score (nSPS) is 11.3. The molecule has 1 unspecified atom stereocenters. The number of aliphatic carboxylic acids is 2. The largest absolute Gasteiger partial charge is 0.490 e. The summed E-state index contributed by atoms with van der Waals surface area (Å²) in [6.45, 7) is 2.18. The van der Waals surface area contributed by atoms with E-state index in [1.54, 1.807) is 6.20 Å². The molecule has 2 amide bonds. The molecule has 0 saturated heterocycles. The molecule has 39 heavy (non-hydrogen) atoms. The molecule has 0 spiro atoms. The third-order valence-electron chi connectivity index (χ3n) is 4.71. The van der Waals surface area contributed by atoms with E-state index in [1.165, 1.54) is 24.3 Å². The van der Waals surface area contributed by atoms with E-state index in [2.05, 4.69) is 20.9 Å². The highest BCUT2D eigenvalue weighted by Gasteiger charge is 2.38. The molecule has 1 heterocycles. The fourth-order valence-corrected chi connectivity index (χ4v) is 2.87. The number of amides is 2. The Morgan fingerprint density at radius 2 is 1.69 bits per heavy atom. The quantitative estimate of drug-likeness (QED) is 0.147. The van der Waals surface area contributed by atoms with Crippen molar-refractivity contribution in [2.75, 3.05) is 18.4 Å². The van der Waals surface area contributed by atoms with E-state index in [1.807, 2.05) is 19.1 Å². The number of aryl methyl sites for hydroxylation is 1. The lowest BCUT2D eigenvalue weighted by molar-refractivity contribution is -0.384. The average Bonchev–Trinajstić information content (AvgIpc) is 2.84. The van der Waals surface area contributed by atoms with Crippen LogP contribution in [0.1, 0.15) is 36.4 Å². The first-order valence-electron chi connectivity index (χ1n) is 11.2. The van der Waals surface area contributed by atoms with Gasteiger partial charge in [-0.15, -0.1) is 0 Å². The Morgan fingerprint density at radius 1 is 1.08 bits per heavy atom. The van der Waals surface area contributed by atoms with Crippen LogP contribution in [0.3, 0.4) is 0 Å². The number of hydrogen-bond acceptors (Lipinski definition) is 8. The number of carboxylic acid groups (broad SMARTS) is 2. The van der Waals surface area contributed by atoms with Crippen LogP contribution in [0.2, 0.25) is 0 Å². The van der Waals surface area contributed by atoms with Crippen LogP contribution in [0.15, 0.2) is 42.6 Å². The molecule has 5 N–H and O–H groups in total. The molecular formula is C23H26F3N5O8. The number of hydrogen-bond donors (Lipinski definition) is 5. The van der Waals surface area contributed by atoms with Gasteiger partial charge in [0, 0.05) is 31.3 Å². The molecule has 2 aromatic rings. The number of carboxylic acids is 2. The second-order valence-electron chi connectivity index (χ2n) is 7.90. The number of nitro benzene ring substituents is 1. The van der Waals surface area contributed by atoms with Gasteiger partial charge in [-0.3, -0.25) is 24.5 Å². The topological polar surface area (TPSA) is 201 Å². The van der Waals surface area contributed by atoms with Gasteiger partial charge in [-0.1, -0.05) is 12.1 Å². The molecule has 0 saturated carbocycles. The van der Waals surface area contributed by atoms with Crippen LogP contribution >= 0.6 is 0 Å². The molecule has 1 aromatic heterocycles. The Hall–Kier alpha value is -4.76. The number of alkyl halides is 3. The second kappa shape index (κ2) is 15.5. The summed E-state index contributed by atoms with van der Waals surface area (Å²) in [5, 5.41) is 35.1. The van der Waals surface area contributed by atoms with Crippen LogP contribution < -0.4 is 16.0 Å². The molecule has 1 aromatic carbocycles. The smallest absolute Gasteiger partial charge is 0.481 e. The number of rotatable bonds is 12. The molecule has 0 aliphatic carbocycles. The van der Waals surface area contributed by atoms with Crippen LogP contribution in [0, 0.1) is 17.0 Å². The molecule has 16 heteroatoms. The maximum atomic E-state index is 12.2. The van der Waals surface area contributed by atoms with Crippen molar-refractivity contribution in [2.45, 2.75) is 38.4 Å². The van der Waals surface area contributed by atoms with Crippen molar-refractivity contribution in [1.29, 1.82) is 0 Å². The highest BCUT2D eigenvalue weighted by Crippen LogP contribution is 2.20. The summed E-state index contributed by atoms with van der Waals surface area (Å²) < 4.78 is 31.7. The van der Waals surface area contributed by atoms with Gasteiger partial charge in [-0.2, -0.15) is 13.2 Å². The number of anilines is 1. The average molecular weight is 557 g/mol. The fraction of sp³-hybridized carbons (Fsp3) is 0.348. The number of nitrogens with zero attached hydrogens (tertiary/aromatic N) is 2. The molecule has 13 nitrogen and oxygen atoms in total. The molecule has 0 aliphatic heterocycles. The van der Waals surface area contributed by atoms with Crippen LogP contribution in [0.4, 0.5) is 24.7 Å². The zero-order chi connectivity index (χ0) is 29.6. The first-order valence-corrected chi connectivity index (χ1v) is 11.2. The number of pyridine rings is 1. The summed E-state index contributed by atoms with van der Waals surface area (Å²) in [7, 11) is 0. The number of benzene rings is 1. The number of carbonyl (C=O) groups excluding carboxylic acids is 2. The Balaban J connectivity index is 0.000000956. The molecule has 1 atom stereocenters. The minimum Gasteiger partial charge on any atom is -0.481 e. The first-order chi connectivity index (χ1) is 18.2. The predicted octanol–water partition coefficient (Wildman–Crippen LogP) is 2.57. The van der Waals surface area contributed by atoms with E-state index in [0.29, 0.717) is 18.5 Å². The number of nitrogens with one attached hydrogen (secondary N) is 3. The van der Waals surface area contributed by atoms with Gasteiger partial charge in [0.1, 0.15) is 5.82 Å². The van der Waals surface area contributed by atoms with E-state index in [0.717, 1.165) is 11.4 Å². The number of nitro groups is 1. The summed E-state index contributed by atoms with van der Waals surface area (Å²) in [4.78, 5) is 58.5. The molecule has 0 aliphatic rings. The van der Waals surface area contributed by atoms with E-state index in [9.17, 15) is 37.7 Å². The zero-order valence-electron chi connectivity index (χ0n) is 20.5. The summed E-state index contributed by atoms with van der Waals surface area (Å²) >= 11 is 0. The molecule has 2 rings (SSSR count). The van der Waals surface area contributed by atoms with Gasteiger partial charge in [-0.25, -0.2) is 9.78 Å². The summed E-state index contributed by atoms with van der Waals surface area (Å²) in [6, 6.07) is 8.14. The lowest BCUT2D eigenvalue weighted by atomic mass is 10.0. The molecule has 0 fully saturated rings. The highest BCUT2D eigenvalue weighted by atomic mass is 19.4. The van der Waals surface area contributed by atoms with Gasteiger partial charge in [0.05, 0.1) is 23.9 Å². The number of non-ortho nitro benzene ring substituents is 1. The molecule has 0 radical (unpaired) electrons. The van der Waals surface area contributed by atoms with Gasteiger partial charge in [0.15, 0.2) is 0 Å². The van der Waals surface area contributed by atoms with E-state index in [-0.39, 0.29) is 24.6 Å². The minimum absolute atomic E-state index is 0.144. The standard InChI is InChI=1S/C21H25N5O6.C2HF3O2/c1-14-8-10-23-18(11-14)22-9-2-3-19(27)24-13-20(28)25-17(12-21(29)30)15-4-6-16(7-5-15)26(31)32;3-2(4,5)1(6)7/h4-8,10-11,17H,2-3,9,12-13H2,1H3,(H,22,23)(H,24,27)(H,25,28)(H,29,30);(H,6,7). The molecule has 212 valence electrons. The van der Waals surface area contributed by atoms with Crippen LogP contribution in [-0.4, -0.2) is 63.1 Å². The Kier molecular flexibility index (Phi) is 12.8. The van der Waals surface area contributed by atoms with Gasteiger partial charge in [0.25, 0.3) is 5.69 Å². The zero-order valence-corrected chi connectivity index (χ0v) is 20.5. The monoisotopic (exact) mass is 557 g/mol. The Bertz CT molecular complexity index is 1160. The Labute approximate surface area is 219 Å². The summed E-state index contributed by atoms with van der Waals surface area (Å²) in [5.74, 6) is -4.06. The van der Waals surface area contributed by atoms with Crippen molar-refractivity contribution >= 4 is 35.3 Å². The maximum absolute atomic E-state index is 12.2. The lowest BCUT2D eigenvalue weighted by Crippen LogP contribution is -2.39. The minimum atomic E-state index is -5.08. The SMILES string of the molecule is Cc1ccnc(NCCCC(=O)NCC(=O)NC(CC(=O)O)c2ccc([N+](=O)[O-])cc2)c1.O=C(O)C(F)(F)F.